The van der Waals surface area contributed by atoms with Crippen LogP contribution in [0.15, 0.2) is 12.2 Å². The summed E-state index contributed by atoms with van der Waals surface area (Å²) in [7, 11) is 0. The normalized spacial score (nSPS) is 41.9. The predicted molar refractivity (Wildman–Crippen MR) is 52.9 cm³/mol. The molecule has 2 fully saturated rings. The van der Waals surface area contributed by atoms with Gasteiger partial charge in [0.25, 0.3) is 0 Å². The molecule has 2 N–H and O–H groups in total. The summed E-state index contributed by atoms with van der Waals surface area (Å²) in [6, 6.07) is 0. The number of carbonyl (C=O) groups excluding carboxylic acids is 1. The van der Waals surface area contributed by atoms with Crippen molar-refractivity contribution in [1.82, 2.24) is 0 Å². The molecular weight excluding hydrogens is 196 g/mol. The molecule has 1 aliphatic heterocycles. The van der Waals surface area contributed by atoms with Gasteiger partial charge in [0.05, 0.1) is 18.6 Å². The molecular formula is C11H16O4. The van der Waals surface area contributed by atoms with Crippen molar-refractivity contribution in [2.45, 2.75) is 38.1 Å². The summed E-state index contributed by atoms with van der Waals surface area (Å²) in [5.41, 5.74) is 0. The lowest BCUT2D eigenvalue weighted by Crippen LogP contribution is -2.18. The van der Waals surface area contributed by atoms with Crippen molar-refractivity contribution in [2.75, 3.05) is 0 Å². The number of hydrogen-bond donors (Lipinski definition) is 2. The van der Waals surface area contributed by atoms with Crippen molar-refractivity contribution in [1.29, 1.82) is 0 Å². The van der Waals surface area contributed by atoms with E-state index in [9.17, 15) is 9.90 Å². The fourth-order valence-corrected chi connectivity index (χ4v) is 2.48. The number of fused-ring (bicyclic) bond motifs is 1. The van der Waals surface area contributed by atoms with Gasteiger partial charge in [0.15, 0.2) is 0 Å². The molecule has 84 valence electrons. The van der Waals surface area contributed by atoms with E-state index in [1.165, 1.54) is 0 Å². The standard InChI is InChI=1S/C11H16O4/c1-6(12)2-3-7-8-4-11(14)15-10(8)5-9(7)13/h2-3,6-10,12-13H,4-5H2,1H3/t6-,7+,8+,9+,10-/m0/s1. The Morgan fingerprint density at radius 3 is 3.00 bits per heavy atom. The average molecular weight is 212 g/mol. The third-order valence-corrected chi connectivity index (χ3v) is 3.19. The van der Waals surface area contributed by atoms with Crippen LogP contribution in [0.3, 0.4) is 0 Å². The molecule has 0 amide bonds. The lowest BCUT2D eigenvalue weighted by molar-refractivity contribution is -0.141. The summed E-state index contributed by atoms with van der Waals surface area (Å²) in [6.07, 6.45) is 3.26. The van der Waals surface area contributed by atoms with Crippen LogP contribution in [-0.4, -0.2) is 34.5 Å². The minimum absolute atomic E-state index is 0.0592. The molecule has 1 saturated heterocycles. The van der Waals surface area contributed by atoms with E-state index in [1.54, 1.807) is 13.0 Å². The zero-order chi connectivity index (χ0) is 11.0. The molecule has 1 aliphatic carbocycles. The van der Waals surface area contributed by atoms with Crippen LogP contribution in [-0.2, 0) is 9.53 Å². The Hall–Kier alpha value is -0.870. The van der Waals surface area contributed by atoms with E-state index in [0.29, 0.717) is 12.8 Å². The Kier molecular flexibility index (Phi) is 2.80. The van der Waals surface area contributed by atoms with Crippen LogP contribution in [0, 0.1) is 11.8 Å². The smallest absolute Gasteiger partial charge is 0.306 e. The minimum atomic E-state index is -0.519. The van der Waals surface area contributed by atoms with Crippen LogP contribution in [0.5, 0.6) is 0 Å². The molecule has 1 heterocycles. The van der Waals surface area contributed by atoms with Gasteiger partial charge in [0.2, 0.25) is 0 Å². The Morgan fingerprint density at radius 2 is 2.33 bits per heavy atom. The van der Waals surface area contributed by atoms with Gasteiger partial charge in [-0.2, -0.15) is 0 Å². The number of aliphatic hydroxyl groups excluding tert-OH is 2. The van der Waals surface area contributed by atoms with Crippen molar-refractivity contribution >= 4 is 5.97 Å². The summed E-state index contributed by atoms with van der Waals surface area (Å²) in [5.74, 6) is -0.147. The maximum Gasteiger partial charge on any atom is 0.306 e. The minimum Gasteiger partial charge on any atom is -0.462 e. The first-order valence-electron chi connectivity index (χ1n) is 5.32. The Bertz CT molecular complexity index is 284. The van der Waals surface area contributed by atoms with Gasteiger partial charge in [0.1, 0.15) is 6.10 Å². The molecule has 0 unspecified atom stereocenters. The van der Waals surface area contributed by atoms with Crippen molar-refractivity contribution in [3.05, 3.63) is 12.2 Å². The Morgan fingerprint density at radius 1 is 1.60 bits per heavy atom. The third-order valence-electron chi connectivity index (χ3n) is 3.19. The maximum absolute atomic E-state index is 11.1. The van der Waals surface area contributed by atoms with Crippen molar-refractivity contribution in [2.24, 2.45) is 11.8 Å². The van der Waals surface area contributed by atoms with Gasteiger partial charge in [-0.05, 0) is 6.92 Å². The van der Waals surface area contributed by atoms with Crippen LogP contribution in [0.1, 0.15) is 19.8 Å². The van der Waals surface area contributed by atoms with Crippen LogP contribution in [0.2, 0.25) is 0 Å². The van der Waals surface area contributed by atoms with Crippen molar-refractivity contribution < 1.29 is 19.7 Å². The lowest BCUT2D eigenvalue weighted by Gasteiger charge is -2.14. The SMILES string of the molecule is C[C@H](O)C=C[C@@H]1[C@H]2CC(=O)O[C@H]2C[C@H]1O. The second kappa shape index (κ2) is 3.94. The van der Waals surface area contributed by atoms with Crippen molar-refractivity contribution in [3.63, 3.8) is 0 Å². The first-order valence-corrected chi connectivity index (χ1v) is 5.32. The van der Waals surface area contributed by atoms with E-state index in [-0.39, 0.29) is 23.9 Å². The lowest BCUT2D eigenvalue weighted by atomic mass is 9.91. The van der Waals surface area contributed by atoms with Crippen molar-refractivity contribution in [3.8, 4) is 0 Å². The molecule has 4 nitrogen and oxygen atoms in total. The summed E-state index contributed by atoms with van der Waals surface area (Å²) in [4.78, 5) is 11.1. The van der Waals surface area contributed by atoms with Gasteiger partial charge < -0.3 is 14.9 Å². The van der Waals surface area contributed by atoms with E-state index >= 15 is 0 Å². The zero-order valence-corrected chi connectivity index (χ0v) is 8.67. The molecule has 0 aromatic heterocycles. The van der Waals surface area contributed by atoms with Gasteiger partial charge in [0, 0.05) is 18.3 Å². The van der Waals surface area contributed by atoms with E-state index in [0.717, 1.165) is 0 Å². The van der Waals surface area contributed by atoms with Gasteiger partial charge in [-0.25, -0.2) is 0 Å². The summed E-state index contributed by atoms with van der Waals surface area (Å²) in [5, 5.41) is 18.9. The van der Waals surface area contributed by atoms with Gasteiger partial charge in [-0.3, -0.25) is 4.79 Å². The van der Waals surface area contributed by atoms with Crippen LogP contribution in [0.4, 0.5) is 0 Å². The average Bonchev–Trinajstić information content (AvgIpc) is 2.57. The Balaban J connectivity index is 2.07. The predicted octanol–water partition coefficient (Wildman–Crippen LogP) is 0.236. The number of carbonyl (C=O) groups is 1. The van der Waals surface area contributed by atoms with Gasteiger partial charge >= 0.3 is 5.97 Å². The highest BCUT2D eigenvalue weighted by atomic mass is 16.6. The van der Waals surface area contributed by atoms with E-state index in [1.807, 2.05) is 6.08 Å². The quantitative estimate of drug-likeness (QED) is 0.508. The molecule has 5 atom stereocenters. The molecule has 15 heavy (non-hydrogen) atoms. The number of hydrogen-bond acceptors (Lipinski definition) is 4. The summed E-state index contributed by atoms with van der Waals surface area (Å²) < 4.78 is 5.10. The molecule has 2 rings (SSSR count). The second-order valence-corrected chi connectivity index (χ2v) is 4.40. The zero-order valence-electron chi connectivity index (χ0n) is 8.67. The first-order chi connectivity index (χ1) is 7.08. The third kappa shape index (κ3) is 2.06. The van der Waals surface area contributed by atoms with Crippen LogP contribution in [0.25, 0.3) is 0 Å². The van der Waals surface area contributed by atoms with Gasteiger partial charge in [-0.15, -0.1) is 0 Å². The van der Waals surface area contributed by atoms with Gasteiger partial charge in [-0.1, -0.05) is 12.2 Å². The van der Waals surface area contributed by atoms with Crippen LogP contribution < -0.4 is 0 Å². The molecule has 0 aromatic carbocycles. The fraction of sp³-hybridized carbons (Fsp3) is 0.727. The highest BCUT2D eigenvalue weighted by Gasteiger charge is 2.48. The molecule has 0 spiro atoms. The topological polar surface area (TPSA) is 66.8 Å². The number of ether oxygens (including phenoxy) is 1. The number of rotatable bonds is 2. The molecule has 4 heteroatoms. The second-order valence-electron chi connectivity index (χ2n) is 4.40. The summed E-state index contributed by atoms with van der Waals surface area (Å²) >= 11 is 0. The molecule has 0 aromatic rings. The fourth-order valence-electron chi connectivity index (χ4n) is 2.48. The molecule has 0 radical (unpaired) electrons. The van der Waals surface area contributed by atoms with Crippen LogP contribution >= 0.6 is 0 Å². The maximum atomic E-state index is 11.1. The number of aliphatic hydroxyl groups is 2. The van der Waals surface area contributed by atoms with E-state index < -0.39 is 12.2 Å². The molecule has 1 saturated carbocycles. The first kappa shape index (κ1) is 10.6. The Labute approximate surface area is 88.6 Å². The largest absolute Gasteiger partial charge is 0.462 e. The highest BCUT2D eigenvalue weighted by Crippen LogP contribution is 2.41. The monoisotopic (exact) mass is 212 g/mol. The number of esters is 1. The molecule has 2 aliphatic rings. The van der Waals surface area contributed by atoms with E-state index in [4.69, 9.17) is 9.84 Å². The van der Waals surface area contributed by atoms with E-state index in [2.05, 4.69) is 0 Å². The molecule has 0 bridgehead atoms. The summed E-state index contributed by atoms with van der Waals surface area (Å²) in [6.45, 7) is 1.66. The highest BCUT2D eigenvalue weighted by molar-refractivity contribution is 5.72.